The van der Waals surface area contributed by atoms with E-state index >= 15 is 0 Å². The van der Waals surface area contributed by atoms with Gasteiger partial charge in [-0.15, -0.1) is 0 Å². The first-order chi connectivity index (χ1) is 5.52. The molecule has 0 bridgehead atoms. The summed E-state index contributed by atoms with van der Waals surface area (Å²) in [4.78, 5) is 13.9. The summed E-state index contributed by atoms with van der Waals surface area (Å²) in [7, 11) is 0. The van der Waals surface area contributed by atoms with Crippen molar-refractivity contribution in [1.82, 2.24) is 4.98 Å². The third-order valence-electron chi connectivity index (χ3n) is 1.47. The summed E-state index contributed by atoms with van der Waals surface area (Å²) in [6, 6.07) is 1.28. The molecule has 0 saturated carbocycles. The van der Waals surface area contributed by atoms with E-state index in [-0.39, 0.29) is 11.4 Å². The molecule has 0 unspecified atom stereocenters. The molecule has 0 spiro atoms. The Bertz CT molecular complexity index is 338. The molecular formula is C7H8FN3O. The zero-order valence-electron chi connectivity index (χ0n) is 6.47. The van der Waals surface area contributed by atoms with E-state index in [0.717, 1.165) is 0 Å². The van der Waals surface area contributed by atoms with Crippen molar-refractivity contribution < 1.29 is 9.18 Å². The second-order valence-corrected chi connectivity index (χ2v) is 2.39. The molecule has 64 valence electrons. The van der Waals surface area contributed by atoms with Crippen LogP contribution < -0.4 is 11.5 Å². The van der Waals surface area contributed by atoms with Gasteiger partial charge in [-0.05, 0) is 18.6 Å². The first kappa shape index (κ1) is 8.45. The monoisotopic (exact) mass is 169 g/mol. The summed E-state index contributed by atoms with van der Waals surface area (Å²) in [5, 5.41) is 0. The molecule has 1 aromatic heterocycles. The number of halogens is 1. The lowest BCUT2D eigenvalue weighted by Gasteiger charge is -2.01. The van der Waals surface area contributed by atoms with Gasteiger partial charge >= 0.3 is 0 Å². The van der Waals surface area contributed by atoms with Crippen LogP contribution in [0.15, 0.2) is 6.07 Å². The number of amides is 1. The molecule has 4 nitrogen and oxygen atoms in total. The molecule has 1 amide bonds. The predicted molar refractivity (Wildman–Crippen MR) is 41.9 cm³/mol. The fraction of sp³-hybridized carbons (Fsp3) is 0.143. The van der Waals surface area contributed by atoms with Crippen LogP contribution in [0.1, 0.15) is 15.9 Å². The second kappa shape index (κ2) is 2.77. The van der Waals surface area contributed by atoms with Crippen LogP contribution in [0.3, 0.4) is 0 Å². The van der Waals surface area contributed by atoms with Gasteiger partial charge in [-0.25, -0.2) is 4.98 Å². The first-order valence-electron chi connectivity index (χ1n) is 3.25. The van der Waals surface area contributed by atoms with E-state index in [2.05, 4.69) is 4.98 Å². The Morgan fingerprint density at radius 3 is 2.75 bits per heavy atom. The number of primary amides is 1. The molecule has 1 rings (SSSR count). The van der Waals surface area contributed by atoms with Crippen molar-refractivity contribution in [2.45, 2.75) is 6.92 Å². The molecule has 1 aromatic rings. The molecule has 12 heavy (non-hydrogen) atoms. The fourth-order valence-electron chi connectivity index (χ4n) is 0.777. The van der Waals surface area contributed by atoms with Gasteiger partial charge in [0.1, 0.15) is 5.82 Å². The molecule has 0 radical (unpaired) electrons. The highest BCUT2D eigenvalue weighted by atomic mass is 19.1. The summed E-state index contributed by atoms with van der Waals surface area (Å²) in [5.41, 5.74) is 10.5. The van der Waals surface area contributed by atoms with Crippen molar-refractivity contribution in [1.29, 1.82) is 0 Å². The second-order valence-electron chi connectivity index (χ2n) is 2.39. The van der Waals surface area contributed by atoms with Crippen LogP contribution in [-0.4, -0.2) is 10.9 Å². The average Bonchev–Trinajstić information content (AvgIpc) is 1.96. The molecule has 0 aromatic carbocycles. The number of aromatic nitrogens is 1. The van der Waals surface area contributed by atoms with Gasteiger partial charge in [0.2, 0.25) is 5.95 Å². The number of nitrogens with two attached hydrogens (primary N) is 2. The molecular weight excluding hydrogens is 161 g/mol. The van der Waals surface area contributed by atoms with Crippen molar-refractivity contribution in [3.63, 3.8) is 0 Å². The number of pyridine rings is 1. The number of anilines is 1. The molecule has 4 N–H and O–H groups in total. The van der Waals surface area contributed by atoms with E-state index in [4.69, 9.17) is 11.5 Å². The summed E-state index contributed by atoms with van der Waals surface area (Å²) in [5.74, 6) is -1.70. The summed E-state index contributed by atoms with van der Waals surface area (Å²) in [6.45, 7) is 1.62. The van der Waals surface area contributed by atoms with Gasteiger partial charge in [-0.1, -0.05) is 0 Å². The van der Waals surface area contributed by atoms with Crippen molar-refractivity contribution >= 4 is 11.7 Å². The van der Waals surface area contributed by atoms with E-state index in [1.807, 2.05) is 0 Å². The Morgan fingerprint density at radius 2 is 2.25 bits per heavy atom. The van der Waals surface area contributed by atoms with Crippen LogP contribution in [0, 0.1) is 12.9 Å². The van der Waals surface area contributed by atoms with Crippen LogP contribution in [0.25, 0.3) is 0 Å². The maximum absolute atomic E-state index is 12.8. The van der Waals surface area contributed by atoms with Crippen LogP contribution in [-0.2, 0) is 0 Å². The number of hydrogen-bond donors (Lipinski definition) is 2. The number of rotatable bonds is 1. The van der Waals surface area contributed by atoms with E-state index < -0.39 is 11.9 Å². The Hall–Kier alpha value is -1.65. The van der Waals surface area contributed by atoms with Crippen molar-refractivity contribution in [2.75, 3.05) is 5.73 Å². The largest absolute Gasteiger partial charge is 0.383 e. The quantitative estimate of drug-likeness (QED) is 0.589. The van der Waals surface area contributed by atoms with Crippen molar-refractivity contribution in [2.24, 2.45) is 5.73 Å². The van der Waals surface area contributed by atoms with Crippen LogP contribution in [0.2, 0.25) is 0 Å². The molecule has 0 atom stereocenters. The molecule has 0 aliphatic rings. The fourth-order valence-corrected chi connectivity index (χ4v) is 0.777. The van der Waals surface area contributed by atoms with Crippen molar-refractivity contribution in [3.8, 4) is 0 Å². The molecule has 1 heterocycles. The molecule has 0 saturated heterocycles. The minimum Gasteiger partial charge on any atom is -0.383 e. The van der Waals surface area contributed by atoms with E-state index in [1.54, 1.807) is 6.92 Å². The Balaban J connectivity index is 3.33. The van der Waals surface area contributed by atoms with Crippen LogP contribution in [0.4, 0.5) is 10.2 Å². The first-order valence-corrected chi connectivity index (χ1v) is 3.25. The summed E-state index contributed by atoms with van der Waals surface area (Å²) in [6.07, 6.45) is 0. The summed E-state index contributed by atoms with van der Waals surface area (Å²) >= 11 is 0. The normalized spacial score (nSPS) is 9.83. The number of carbonyl (C=O) groups excluding carboxylic acids is 1. The highest BCUT2D eigenvalue weighted by Gasteiger charge is 2.11. The van der Waals surface area contributed by atoms with Gasteiger partial charge in [-0.2, -0.15) is 4.39 Å². The van der Waals surface area contributed by atoms with Gasteiger partial charge < -0.3 is 11.5 Å². The maximum atomic E-state index is 12.8. The lowest BCUT2D eigenvalue weighted by atomic mass is 10.2. The zero-order chi connectivity index (χ0) is 9.30. The standard InChI is InChI=1S/C7H8FN3O/c1-3-2-4(7(10)12)5(8)11-6(3)9/h2H,1H3,(H2,9,11)(H2,10,12). The molecule has 0 aliphatic heterocycles. The van der Waals surface area contributed by atoms with Gasteiger partial charge in [0.15, 0.2) is 0 Å². The summed E-state index contributed by atoms with van der Waals surface area (Å²) < 4.78 is 12.8. The lowest BCUT2D eigenvalue weighted by Crippen LogP contribution is -2.15. The van der Waals surface area contributed by atoms with Gasteiger partial charge in [0.25, 0.3) is 5.91 Å². The van der Waals surface area contributed by atoms with Gasteiger partial charge in [0.05, 0.1) is 5.56 Å². The number of carbonyl (C=O) groups is 1. The highest BCUT2D eigenvalue weighted by Crippen LogP contribution is 2.12. The number of aryl methyl sites for hydroxylation is 1. The minimum atomic E-state index is -0.925. The number of nitrogen functional groups attached to an aromatic ring is 1. The Labute approximate surface area is 68.4 Å². The molecule has 0 fully saturated rings. The third-order valence-corrected chi connectivity index (χ3v) is 1.47. The van der Waals surface area contributed by atoms with Gasteiger partial charge in [0, 0.05) is 0 Å². The molecule has 5 heteroatoms. The Kier molecular flexibility index (Phi) is 1.95. The van der Waals surface area contributed by atoms with E-state index in [0.29, 0.717) is 5.56 Å². The predicted octanol–water partition coefficient (Wildman–Crippen LogP) is 0.210. The van der Waals surface area contributed by atoms with E-state index in [1.165, 1.54) is 6.07 Å². The average molecular weight is 169 g/mol. The van der Waals surface area contributed by atoms with Crippen LogP contribution in [0.5, 0.6) is 0 Å². The smallest absolute Gasteiger partial charge is 0.253 e. The lowest BCUT2D eigenvalue weighted by molar-refractivity contribution is 0.0995. The third kappa shape index (κ3) is 1.34. The molecule has 0 aliphatic carbocycles. The SMILES string of the molecule is Cc1cc(C(N)=O)c(F)nc1N. The number of nitrogens with zero attached hydrogens (tertiary/aromatic N) is 1. The van der Waals surface area contributed by atoms with Gasteiger partial charge in [-0.3, -0.25) is 4.79 Å². The zero-order valence-corrected chi connectivity index (χ0v) is 6.47. The van der Waals surface area contributed by atoms with Crippen molar-refractivity contribution in [3.05, 3.63) is 23.1 Å². The van der Waals surface area contributed by atoms with Crippen LogP contribution >= 0.6 is 0 Å². The Morgan fingerprint density at radius 1 is 1.67 bits per heavy atom. The van der Waals surface area contributed by atoms with E-state index in [9.17, 15) is 9.18 Å². The maximum Gasteiger partial charge on any atom is 0.253 e. The number of hydrogen-bond acceptors (Lipinski definition) is 3. The topological polar surface area (TPSA) is 82.0 Å². The highest BCUT2D eigenvalue weighted by molar-refractivity contribution is 5.93. The minimum absolute atomic E-state index is 0.0671.